The van der Waals surface area contributed by atoms with E-state index in [2.05, 4.69) is 19.2 Å². The van der Waals surface area contributed by atoms with Gasteiger partial charge in [0.1, 0.15) is 5.75 Å². The maximum atomic E-state index is 12.4. The van der Waals surface area contributed by atoms with E-state index in [9.17, 15) is 9.59 Å². The van der Waals surface area contributed by atoms with E-state index in [0.29, 0.717) is 23.1 Å². The molecule has 22 heavy (non-hydrogen) atoms. The molecule has 2 unspecified atom stereocenters. The summed E-state index contributed by atoms with van der Waals surface area (Å²) in [5, 5.41) is 3.15. The third kappa shape index (κ3) is 4.23. The number of carbonyl (C=O) groups is 2. The second-order valence-electron chi connectivity index (χ2n) is 6.16. The second-order valence-corrected chi connectivity index (χ2v) is 6.16. The standard InChI is InChI=1S/C17H24N2O3/c1-11-4-3-5-12(2)16(11)19-17(21)13-6-8-14(9-7-13)22-10-15(18)20/h6-9,11-12,16H,3-5,10H2,1-2H3,(H2,18,20)(H,19,21). The number of hydrogen-bond donors (Lipinski definition) is 2. The van der Waals surface area contributed by atoms with Gasteiger partial charge in [-0.25, -0.2) is 0 Å². The number of nitrogens with one attached hydrogen (secondary N) is 1. The Morgan fingerprint density at radius 2 is 1.77 bits per heavy atom. The largest absolute Gasteiger partial charge is 0.484 e. The fourth-order valence-electron chi connectivity index (χ4n) is 3.06. The number of nitrogens with two attached hydrogens (primary N) is 1. The van der Waals surface area contributed by atoms with Crippen molar-refractivity contribution in [2.75, 3.05) is 6.61 Å². The zero-order chi connectivity index (χ0) is 16.1. The number of benzene rings is 1. The van der Waals surface area contributed by atoms with Crippen LogP contribution in [0, 0.1) is 11.8 Å². The maximum Gasteiger partial charge on any atom is 0.255 e. The number of carbonyl (C=O) groups excluding carboxylic acids is 2. The molecule has 0 spiro atoms. The topological polar surface area (TPSA) is 81.4 Å². The number of rotatable bonds is 5. The molecule has 1 fully saturated rings. The third-order valence-corrected chi connectivity index (χ3v) is 4.34. The van der Waals surface area contributed by atoms with Crippen LogP contribution < -0.4 is 15.8 Å². The first kappa shape index (κ1) is 16.3. The van der Waals surface area contributed by atoms with Crippen molar-refractivity contribution in [1.82, 2.24) is 5.32 Å². The summed E-state index contributed by atoms with van der Waals surface area (Å²) in [5.74, 6) is 0.945. The van der Waals surface area contributed by atoms with Crippen molar-refractivity contribution in [2.45, 2.75) is 39.2 Å². The molecule has 0 heterocycles. The van der Waals surface area contributed by atoms with Crippen LogP contribution in [0.5, 0.6) is 5.75 Å². The van der Waals surface area contributed by atoms with Crippen LogP contribution in [0.2, 0.25) is 0 Å². The summed E-state index contributed by atoms with van der Waals surface area (Å²) >= 11 is 0. The zero-order valence-corrected chi connectivity index (χ0v) is 13.2. The van der Waals surface area contributed by atoms with Crippen LogP contribution in [-0.4, -0.2) is 24.5 Å². The molecule has 5 nitrogen and oxygen atoms in total. The van der Waals surface area contributed by atoms with Gasteiger partial charge in [-0.05, 0) is 48.9 Å². The van der Waals surface area contributed by atoms with E-state index in [0.717, 1.165) is 12.8 Å². The number of ether oxygens (including phenoxy) is 1. The molecule has 0 radical (unpaired) electrons. The van der Waals surface area contributed by atoms with Crippen LogP contribution in [0.3, 0.4) is 0 Å². The van der Waals surface area contributed by atoms with Crippen molar-refractivity contribution in [3.63, 3.8) is 0 Å². The van der Waals surface area contributed by atoms with E-state index in [-0.39, 0.29) is 18.6 Å². The highest BCUT2D eigenvalue weighted by Gasteiger charge is 2.29. The van der Waals surface area contributed by atoms with Gasteiger partial charge in [-0.3, -0.25) is 9.59 Å². The van der Waals surface area contributed by atoms with Gasteiger partial charge in [-0.15, -0.1) is 0 Å². The van der Waals surface area contributed by atoms with Crippen LogP contribution in [0.15, 0.2) is 24.3 Å². The smallest absolute Gasteiger partial charge is 0.255 e. The van der Waals surface area contributed by atoms with Gasteiger partial charge >= 0.3 is 0 Å². The predicted molar refractivity (Wildman–Crippen MR) is 84.6 cm³/mol. The average Bonchev–Trinajstić information content (AvgIpc) is 2.49. The van der Waals surface area contributed by atoms with E-state index in [1.165, 1.54) is 6.42 Å². The van der Waals surface area contributed by atoms with Gasteiger partial charge in [-0.1, -0.05) is 20.3 Å². The number of hydrogen-bond acceptors (Lipinski definition) is 3. The molecular weight excluding hydrogens is 280 g/mol. The average molecular weight is 304 g/mol. The van der Waals surface area contributed by atoms with Crippen LogP contribution in [0.4, 0.5) is 0 Å². The molecule has 0 saturated heterocycles. The summed E-state index contributed by atoms with van der Waals surface area (Å²) in [7, 11) is 0. The minimum Gasteiger partial charge on any atom is -0.484 e. The summed E-state index contributed by atoms with van der Waals surface area (Å²) in [6, 6.07) is 6.97. The van der Waals surface area contributed by atoms with Crippen molar-refractivity contribution >= 4 is 11.8 Å². The molecule has 1 saturated carbocycles. The lowest BCUT2D eigenvalue weighted by Crippen LogP contribution is -2.45. The Morgan fingerprint density at radius 3 is 2.32 bits per heavy atom. The van der Waals surface area contributed by atoms with Crippen LogP contribution in [0.1, 0.15) is 43.5 Å². The highest BCUT2D eigenvalue weighted by Crippen LogP contribution is 2.29. The number of amides is 2. The van der Waals surface area contributed by atoms with Crippen LogP contribution >= 0.6 is 0 Å². The minimum absolute atomic E-state index is 0.0629. The molecule has 2 amide bonds. The molecule has 0 aliphatic heterocycles. The molecule has 120 valence electrons. The van der Waals surface area contributed by atoms with E-state index in [4.69, 9.17) is 10.5 Å². The first-order valence-corrected chi connectivity index (χ1v) is 7.79. The minimum atomic E-state index is -0.526. The molecule has 2 rings (SSSR count). The lowest BCUT2D eigenvalue weighted by Gasteiger charge is -2.35. The van der Waals surface area contributed by atoms with E-state index in [1.807, 2.05) is 0 Å². The summed E-state index contributed by atoms with van der Waals surface area (Å²) < 4.78 is 5.18. The highest BCUT2D eigenvalue weighted by atomic mass is 16.5. The van der Waals surface area contributed by atoms with Gasteiger partial charge in [-0.2, -0.15) is 0 Å². The van der Waals surface area contributed by atoms with Crippen molar-refractivity contribution in [3.8, 4) is 5.75 Å². The van der Waals surface area contributed by atoms with Crippen molar-refractivity contribution < 1.29 is 14.3 Å². The fourth-order valence-corrected chi connectivity index (χ4v) is 3.06. The van der Waals surface area contributed by atoms with Crippen LogP contribution in [0.25, 0.3) is 0 Å². The Kier molecular flexibility index (Phi) is 5.41. The zero-order valence-electron chi connectivity index (χ0n) is 13.2. The van der Waals surface area contributed by atoms with Gasteiger partial charge < -0.3 is 15.8 Å². The van der Waals surface area contributed by atoms with Gasteiger partial charge in [0.25, 0.3) is 11.8 Å². The molecule has 1 aliphatic carbocycles. The first-order chi connectivity index (χ1) is 10.5. The monoisotopic (exact) mass is 304 g/mol. The van der Waals surface area contributed by atoms with Gasteiger partial charge in [0.2, 0.25) is 0 Å². The highest BCUT2D eigenvalue weighted by molar-refractivity contribution is 5.94. The summed E-state index contributed by atoms with van der Waals surface area (Å²) in [4.78, 5) is 23.0. The lowest BCUT2D eigenvalue weighted by molar-refractivity contribution is -0.119. The Labute approximate surface area is 131 Å². The first-order valence-electron chi connectivity index (χ1n) is 7.79. The normalized spacial score (nSPS) is 24.5. The molecule has 0 bridgehead atoms. The molecule has 2 atom stereocenters. The summed E-state index contributed by atoms with van der Waals surface area (Å²) in [6.07, 6.45) is 3.56. The molecule has 1 aromatic carbocycles. The molecular formula is C17H24N2O3. The second kappa shape index (κ2) is 7.29. The summed E-state index contributed by atoms with van der Waals surface area (Å²) in [5.41, 5.74) is 5.61. The van der Waals surface area contributed by atoms with E-state index < -0.39 is 5.91 Å². The molecule has 0 aromatic heterocycles. The molecule has 1 aliphatic rings. The van der Waals surface area contributed by atoms with Crippen LogP contribution in [-0.2, 0) is 4.79 Å². The molecule has 3 N–H and O–H groups in total. The maximum absolute atomic E-state index is 12.4. The Balaban J connectivity index is 1.96. The van der Waals surface area contributed by atoms with E-state index in [1.54, 1.807) is 24.3 Å². The van der Waals surface area contributed by atoms with Crippen molar-refractivity contribution in [1.29, 1.82) is 0 Å². The number of primary amides is 1. The Hall–Kier alpha value is -2.04. The Morgan fingerprint density at radius 1 is 1.18 bits per heavy atom. The predicted octanol–water partition coefficient (Wildman–Crippen LogP) is 2.11. The van der Waals surface area contributed by atoms with Gasteiger partial charge in [0.15, 0.2) is 6.61 Å². The Bertz CT molecular complexity index is 517. The SMILES string of the molecule is CC1CCCC(C)C1NC(=O)c1ccc(OCC(N)=O)cc1. The van der Waals surface area contributed by atoms with Crippen molar-refractivity contribution in [2.24, 2.45) is 17.6 Å². The third-order valence-electron chi connectivity index (χ3n) is 4.34. The van der Waals surface area contributed by atoms with Gasteiger partial charge in [0, 0.05) is 11.6 Å². The summed E-state index contributed by atoms with van der Waals surface area (Å²) in [6.45, 7) is 4.23. The quantitative estimate of drug-likeness (QED) is 0.874. The molecule has 1 aromatic rings. The van der Waals surface area contributed by atoms with Crippen molar-refractivity contribution in [3.05, 3.63) is 29.8 Å². The van der Waals surface area contributed by atoms with Gasteiger partial charge in [0.05, 0.1) is 0 Å². The lowest BCUT2D eigenvalue weighted by atomic mass is 9.78. The molecule has 5 heteroatoms. The fraction of sp³-hybridized carbons (Fsp3) is 0.529. The van der Waals surface area contributed by atoms with E-state index >= 15 is 0 Å².